The number of benzene rings is 2. The molecule has 1 amide bonds. The smallest absolute Gasteiger partial charge is 0.356 e. The lowest BCUT2D eigenvalue weighted by Crippen LogP contribution is -2.25. The van der Waals surface area contributed by atoms with Crippen molar-refractivity contribution in [3.63, 3.8) is 0 Å². The van der Waals surface area contributed by atoms with Crippen LogP contribution in [0.15, 0.2) is 53.1 Å². The molecule has 0 atom stereocenters. The molecule has 152 valence electrons. The molecule has 0 aliphatic rings. The number of hydrogen-bond donors (Lipinski definition) is 1. The zero-order chi connectivity index (χ0) is 20.9. The summed E-state index contributed by atoms with van der Waals surface area (Å²) >= 11 is 0. The highest BCUT2D eigenvalue weighted by Crippen LogP contribution is 2.29. The number of amides is 1. The maximum absolute atomic E-state index is 12.5. The minimum absolute atomic E-state index is 0.183. The molecule has 0 unspecified atom stereocenters. The molecule has 0 saturated heterocycles. The second-order valence-corrected chi connectivity index (χ2v) is 6.67. The van der Waals surface area contributed by atoms with Gasteiger partial charge in [-0.2, -0.15) is 18.2 Å². The summed E-state index contributed by atoms with van der Waals surface area (Å²) in [5, 5.41) is 6.66. The molecule has 0 saturated carbocycles. The molecule has 0 radical (unpaired) electrons. The summed E-state index contributed by atoms with van der Waals surface area (Å²) < 4.78 is 42.8. The molecular formula is C21H20F3N3O2. The topological polar surface area (TPSA) is 68.0 Å². The van der Waals surface area contributed by atoms with Crippen LogP contribution in [0.4, 0.5) is 13.2 Å². The van der Waals surface area contributed by atoms with Crippen molar-refractivity contribution in [2.75, 3.05) is 6.54 Å². The molecule has 8 heteroatoms. The van der Waals surface area contributed by atoms with Crippen molar-refractivity contribution in [2.45, 2.75) is 32.4 Å². The number of rotatable bonds is 7. The Morgan fingerprint density at radius 3 is 2.38 bits per heavy atom. The first-order valence-corrected chi connectivity index (χ1v) is 9.14. The predicted octanol–water partition coefficient (Wildman–Crippen LogP) is 4.36. The van der Waals surface area contributed by atoms with Crippen molar-refractivity contribution < 1.29 is 22.5 Å². The zero-order valence-corrected chi connectivity index (χ0v) is 15.8. The molecule has 29 heavy (non-hydrogen) atoms. The van der Waals surface area contributed by atoms with E-state index in [-0.39, 0.29) is 12.3 Å². The first-order chi connectivity index (χ1) is 13.8. The number of halogens is 3. The first-order valence-electron chi connectivity index (χ1n) is 9.14. The molecule has 3 rings (SSSR count). The molecule has 0 aliphatic heterocycles. The van der Waals surface area contributed by atoms with E-state index in [0.717, 1.165) is 28.8 Å². The number of carbonyl (C=O) groups excluding carboxylic acids is 1. The Bertz CT molecular complexity index is 949. The molecule has 5 nitrogen and oxygen atoms in total. The third-order valence-electron chi connectivity index (χ3n) is 4.36. The van der Waals surface area contributed by atoms with E-state index in [0.29, 0.717) is 31.1 Å². The van der Waals surface area contributed by atoms with Gasteiger partial charge in [-0.25, -0.2) is 0 Å². The van der Waals surface area contributed by atoms with Crippen LogP contribution in [-0.4, -0.2) is 22.6 Å². The average molecular weight is 403 g/mol. The van der Waals surface area contributed by atoms with Gasteiger partial charge in [0.05, 0.1) is 5.56 Å². The molecule has 0 aliphatic carbocycles. The van der Waals surface area contributed by atoms with Crippen LogP contribution in [0.5, 0.6) is 0 Å². The van der Waals surface area contributed by atoms with Gasteiger partial charge in [-0.15, -0.1) is 0 Å². The van der Waals surface area contributed by atoms with E-state index in [1.165, 1.54) is 12.1 Å². The monoisotopic (exact) mass is 403 g/mol. The predicted molar refractivity (Wildman–Crippen MR) is 101 cm³/mol. The highest BCUT2D eigenvalue weighted by molar-refractivity contribution is 5.76. The van der Waals surface area contributed by atoms with Crippen molar-refractivity contribution >= 4 is 5.91 Å². The molecule has 1 heterocycles. The normalized spacial score (nSPS) is 11.4. The first kappa shape index (κ1) is 20.6. The summed E-state index contributed by atoms with van der Waals surface area (Å²) in [5.41, 5.74) is 2.00. The third kappa shape index (κ3) is 5.91. The van der Waals surface area contributed by atoms with E-state index in [4.69, 9.17) is 4.52 Å². The molecular weight excluding hydrogens is 383 g/mol. The van der Waals surface area contributed by atoms with Crippen LogP contribution < -0.4 is 5.32 Å². The number of alkyl halides is 3. The molecule has 3 aromatic rings. The standard InChI is InChI=1S/C21H20F3N3O2/c1-14-2-6-16(7-3-14)20-26-19(29-27-20)11-10-18(28)25-13-12-15-4-8-17(9-5-15)21(22,23)24/h2-9H,10-13H2,1H3,(H,25,28). The minimum atomic E-state index is -4.35. The van der Waals surface area contributed by atoms with Crippen molar-refractivity contribution in [3.8, 4) is 11.4 Å². The SMILES string of the molecule is Cc1ccc(-c2noc(CCC(=O)NCCc3ccc(C(F)(F)F)cc3)n2)cc1. The van der Waals surface area contributed by atoms with Crippen LogP contribution in [0.25, 0.3) is 11.4 Å². The Labute approximate surface area is 165 Å². The van der Waals surface area contributed by atoms with Gasteiger partial charge >= 0.3 is 6.18 Å². The summed E-state index contributed by atoms with van der Waals surface area (Å²) in [6.07, 6.45) is -3.41. The van der Waals surface area contributed by atoms with Crippen LogP contribution in [-0.2, 0) is 23.8 Å². The Morgan fingerprint density at radius 2 is 1.72 bits per heavy atom. The van der Waals surface area contributed by atoms with Crippen molar-refractivity contribution in [1.29, 1.82) is 0 Å². The second-order valence-electron chi connectivity index (χ2n) is 6.67. The Balaban J connectivity index is 1.42. The van der Waals surface area contributed by atoms with E-state index in [1.807, 2.05) is 31.2 Å². The van der Waals surface area contributed by atoms with E-state index >= 15 is 0 Å². The van der Waals surface area contributed by atoms with Gasteiger partial charge < -0.3 is 9.84 Å². The van der Waals surface area contributed by atoms with Gasteiger partial charge in [0.15, 0.2) is 0 Å². The summed E-state index contributed by atoms with van der Waals surface area (Å²) in [4.78, 5) is 16.2. The van der Waals surface area contributed by atoms with Crippen LogP contribution in [0.1, 0.15) is 29.0 Å². The van der Waals surface area contributed by atoms with Crippen LogP contribution >= 0.6 is 0 Å². The Kier molecular flexibility index (Phi) is 6.31. The average Bonchev–Trinajstić information content (AvgIpc) is 3.16. The fourth-order valence-electron chi connectivity index (χ4n) is 2.69. The van der Waals surface area contributed by atoms with Crippen LogP contribution in [0, 0.1) is 6.92 Å². The van der Waals surface area contributed by atoms with Gasteiger partial charge in [-0.1, -0.05) is 47.1 Å². The maximum atomic E-state index is 12.5. The fourth-order valence-corrected chi connectivity index (χ4v) is 2.69. The van der Waals surface area contributed by atoms with Crippen molar-refractivity contribution in [2.24, 2.45) is 0 Å². The van der Waals surface area contributed by atoms with Gasteiger partial charge in [0.25, 0.3) is 0 Å². The molecule has 1 N–H and O–H groups in total. The summed E-state index contributed by atoms with van der Waals surface area (Å²) in [5.74, 6) is 0.660. The quantitative estimate of drug-likeness (QED) is 0.637. The van der Waals surface area contributed by atoms with Crippen LogP contribution in [0.2, 0.25) is 0 Å². The maximum Gasteiger partial charge on any atom is 0.416 e. The number of nitrogens with zero attached hydrogens (tertiary/aromatic N) is 2. The van der Waals surface area contributed by atoms with Gasteiger partial charge in [0.1, 0.15) is 0 Å². The van der Waals surface area contributed by atoms with E-state index in [1.54, 1.807) is 0 Å². The largest absolute Gasteiger partial charge is 0.416 e. The number of carbonyl (C=O) groups is 1. The van der Waals surface area contributed by atoms with Gasteiger partial charge in [0, 0.05) is 24.9 Å². The molecule has 0 spiro atoms. The number of hydrogen-bond acceptors (Lipinski definition) is 4. The lowest BCUT2D eigenvalue weighted by Gasteiger charge is -2.08. The van der Waals surface area contributed by atoms with Crippen molar-refractivity contribution in [3.05, 3.63) is 71.1 Å². The van der Waals surface area contributed by atoms with Gasteiger partial charge in [-0.05, 0) is 31.0 Å². The molecule has 1 aromatic heterocycles. The van der Waals surface area contributed by atoms with E-state index in [2.05, 4.69) is 15.5 Å². The summed E-state index contributed by atoms with van der Waals surface area (Å²) in [6, 6.07) is 12.6. The molecule has 0 bridgehead atoms. The van der Waals surface area contributed by atoms with E-state index in [9.17, 15) is 18.0 Å². The summed E-state index contributed by atoms with van der Waals surface area (Å²) in [6.45, 7) is 2.32. The van der Waals surface area contributed by atoms with Crippen LogP contribution in [0.3, 0.4) is 0 Å². The fraction of sp³-hybridized carbons (Fsp3) is 0.286. The second kappa shape index (κ2) is 8.89. The minimum Gasteiger partial charge on any atom is -0.356 e. The van der Waals surface area contributed by atoms with E-state index < -0.39 is 11.7 Å². The zero-order valence-electron chi connectivity index (χ0n) is 15.8. The highest BCUT2D eigenvalue weighted by Gasteiger charge is 2.29. The lowest BCUT2D eigenvalue weighted by atomic mass is 10.1. The Hall–Kier alpha value is -3.16. The van der Waals surface area contributed by atoms with Crippen molar-refractivity contribution in [1.82, 2.24) is 15.5 Å². The molecule has 2 aromatic carbocycles. The number of nitrogens with one attached hydrogen (secondary N) is 1. The highest BCUT2D eigenvalue weighted by atomic mass is 19.4. The number of aromatic nitrogens is 2. The van der Waals surface area contributed by atoms with Gasteiger partial charge in [-0.3, -0.25) is 4.79 Å². The number of aryl methyl sites for hydroxylation is 2. The third-order valence-corrected chi connectivity index (χ3v) is 4.36. The Morgan fingerprint density at radius 1 is 1.03 bits per heavy atom. The molecule has 0 fully saturated rings. The summed E-state index contributed by atoms with van der Waals surface area (Å²) in [7, 11) is 0. The van der Waals surface area contributed by atoms with Gasteiger partial charge in [0.2, 0.25) is 17.6 Å². The lowest BCUT2D eigenvalue weighted by molar-refractivity contribution is -0.137.